The molecule has 19 heavy (non-hydrogen) atoms. The summed E-state index contributed by atoms with van der Waals surface area (Å²) in [7, 11) is 1.80. The molecule has 0 aromatic carbocycles. The van der Waals surface area contributed by atoms with Gasteiger partial charge in [0.15, 0.2) is 5.82 Å². The highest BCUT2D eigenvalue weighted by molar-refractivity contribution is 5.56. The highest BCUT2D eigenvalue weighted by Crippen LogP contribution is 2.20. The van der Waals surface area contributed by atoms with Gasteiger partial charge in [0.25, 0.3) is 0 Å². The molecule has 0 atom stereocenters. The van der Waals surface area contributed by atoms with Crippen LogP contribution in [-0.2, 0) is 0 Å². The summed E-state index contributed by atoms with van der Waals surface area (Å²) < 4.78 is 0. The van der Waals surface area contributed by atoms with Crippen molar-refractivity contribution in [3.05, 3.63) is 18.7 Å². The first-order valence-corrected chi connectivity index (χ1v) is 6.31. The monoisotopic (exact) mass is 257 g/mol. The van der Waals surface area contributed by atoms with Crippen molar-refractivity contribution in [2.45, 2.75) is 12.8 Å². The second-order valence-electron chi connectivity index (χ2n) is 4.35. The lowest BCUT2D eigenvalue weighted by molar-refractivity contribution is 0.884. The molecule has 0 spiro atoms. The first kappa shape index (κ1) is 11.8. The molecule has 0 aliphatic carbocycles. The van der Waals surface area contributed by atoms with E-state index >= 15 is 0 Å². The normalized spacial score (nSPS) is 14.7. The summed E-state index contributed by atoms with van der Waals surface area (Å²) in [5.74, 6) is 1.88. The van der Waals surface area contributed by atoms with Gasteiger partial charge in [0.1, 0.15) is 6.33 Å². The molecule has 2 aromatic rings. The first-order chi connectivity index (χ1) is 9.36. The predicted octanol–water partition coefficient (Wildman–Crippen LogP) is 0.970. The SMILES string of the molecule is CNc1nc(-c2cncnc2)nc(N2CCCC2)n1. The minimum absolute atomic E-state index is 0.566. The van der Waals surface area contributed by atoms with Crippen LogP contribution in [0.1, 0.15) is 12.8 Å². The lowest BCUT2D eigenvalue weighted by atomic mass is 10.3. The molecule has 7 nitrogen and oxygen atoms in total. The second kappa shape index (κ2) is 5.13. The van der Waals surface area contributed by atoms with E-state index in [1.165, 1.54) is 19.2 Å². The molecule has 2 aromatic heterocycles. The van der Waals surface area contributed by atoms with Crippen molar-refractivity contribution in [2.75, 3.05) is 30.4 Å². The van der Waals surface area contributed by atoms with Crippen LogP contribution in [0.4, 0.5) is 11.9 Å². The van der Waals surface area contributed by atoms with Crippen molar-refractivity contribution in [3.8, 4) is 11.4 Å². The van der Waals surface area contributed by atoms with E-state index in [1.54, 1.807) is 19.4 Å². The molecular formula is C12H15N7. The summed E-state index contributed by atoms with van der Waals surface area (Å²) in [6, 6.07) is 0. The van der Waals surface area contributed by atoms with Crippen LogP contribution in [0.3, 0.4) is 0 Å². The van der Waals surface area contributed by atoms with Gasteiger partial charge in [-0.2, -0.15) is 15.0 Å². The minimum atomic E-state index is 0.566. The summed E-state index contributed by atoms with van der Waals surface area (Å²) in [6.07, 6.45) is 7.27. The molecule has 0 radical (unpaired) electrons. The lowest BCUT2D eigenvalue weighted by Gasteiger charge is -2.16. The second-order valence-corrected chi connectivity index (χ2v) is 4.35. The van der Waals surface area contributed by atoms with E-state index in [0.29, 0.717) is 11.8 Å². The molecule has 7 heteroatoms. The predicted molar refractivity (Wildman–Crippen MR) is 71.8 cm³/mol. The largest absolute Gasteiger partial charge is 0.357 e. The molecule has 1 N–H and O–H groups in total. The van der Waals surface area contributed by atoms with E-state index in [4.69, 9.17) is 0 Å². The molecule has 0 amide bonds. The Balaban J connectivity index is 2.02. The van der Waals surface area contributed by atoms with E-state index in [1.807, 2.05) is 0 Å². The summed E-state index contributed by atoms with van der Waals surface area (Å²) >= 11 is 0. The quantitative estimate of drug-likeness (QED) is 0.877. The maximum atomic E-state index is 4.52. The van der Waals surface area contributed by atoms with Crippen molar-refractivity contribution in [3.63, 3.8) is 0 Å². The van der Waals surface area contributed by atoms with Crippen LogP contribution in [-0.4, -0.2) is 45.1 Å². The van der Waals surface area contributed by atoms with Gasteiger partial charge in [-0.05, 0) is 12.8 Å². The molecule has 3 rings (SSSR count). The van der Waals surface area contributed by atoms with Gasteiger partial charge >= 0.3 is 0 Å². The van der Waals surface area contributed by atoms with Crippen molar-refractivity contribution in [1.29, 1.82) is 0 Å². The van der Waals surface area contributed by atoms with Crippen molar-refractivity contribution in [2.24, 2.45) is 0 Å². The average Bonchev–Trinajstić information content (AvgIpc) is 3.02. The molecule has 1 fully saturated rings. The Morgan fingerprint density at radius 1 is 1.05 bits per heavy atom. The third kappa shape index (κ3) is 2.44. The first-order valence-electron chi connectivity index (χ1n) is 6.31. The molecule has 0 saturated carbocycles. The summed E-state index contributed by atoms with van der Waals surface area (Å²) in [4.78, 5) is 23.5. The Morgan fingerprint density at radius 2 is 1.79 bits per heavy atom. The zero-order valence-electron chi connectivity index (χ0n) is 10.7. The topological polar surface area (TPSA) is 79.7 Å². The third-order valence-corrected chi connectivity index (χ3v) is 3.05. The third-order valence-electron chi connectivity index (χ3n) is 3.05. The van der Waals surface area contributed by atoms with E-state index in [0.717, 1.165) is 24.6 Å². The van der Waals surface area contributed by atoms with E-state index in [-0.39, 0.29) is 0 Å². The molecule has 1 saturated heterocycles. The fourth-order valence-corrected chi connectivity index (χ4v) is 2.08. The molecule has 98 valence electrons. The molecule has 0 unspecified atom stereocenters. The summed E-state index contributed by atoms with van der Waals surface area (Å²) in [5.41, 5.74) is 0.793. The Bertz CT molecular complexity index is 551. The number of nitrogens with one attached hydrogen (secondary N) is 1. The summed E-state index contributed by atoms with van der Waals surface area (Å²) in [5, 5.41) is 2.97. The van der Waals surface area contributed by atoms with Crippen LogP contribution in [0.2, 0.25) is 0 Å². The van der Waals surface area contributed by atoms with Crippen LogP contribution in [0.25, 0.3) is 11.4 Å². The molecule has 3 heterocycles. The van der Waals surface area contributed by atoms with Gasteiger partial charge in [0.05, 0.1) is 5.56 Å². The number of aromatic nitrogens is 5. The fraction of sp³-hybridized carbons (Fsp3) is 0.417. The Labute approximate surface area is 111 Å². The van der Waals surface area contributed by atoms with Crippen molar-refractivity contribution >= 4 is 11.9 Å². The summed E-state index contributed by atoms with van der Waals surface area (Å²) in [6.45, 7) is 2.00. The van der Waals surface area contributed by atoms with Crippen LogP contribution in [0.5, 0.6) is 0 Å². The van der Waals surface area contributed by atoms with E-state index < -0.39 is 0 Å². The minimum Gasteiger partial charge on any atom is -0.357 e. The van der Waals surface area contributed by atoms with E-state index in [2.05, 4.69) is 35.1 Å². The van der Waals surface area contributed by atoms with Crippen LogP contribution < -0.4 is 10.2 Å². The average molecular weight is 257 g/mol. The van der Waals surface area contributed by atoms with Crippen LogP contribution in [0, 0.1) is 0 Å². The molecule has 1 aliphatic heterocycles. The van der Waals surface area contributed by atoms with Gasteiger partial charge in [-0.15, -0.1) is 0 Å². The number of rotatable bonds is 3. The smallest absolute Gasteiger partial charge is 0.230 e. The van der Waals surface area contributed by atoms with Gasteiger partial charge in [-0.25, -0.2) is 9.97 Å². The van der Waals surface area contributed by atoms with Gasteiger partial charge < -0.3 is 10.2 Å². The molecular weight excluding hydrogens is 242 g/mol. The highest BCUT2D eigenvalue weighted by atomic mass is 15.3. The molecule has 0 bridgehead atoms. The molecule has 1 aliphatic rings. The number of hydrogen-bond donors (Lipinski definition) is 1. The van der Waals surface area contributed by atoms with E-state index in [9.17, 15) is 0 Å². The maximum Gasteiger partial charge on any atom is 0.230 e. The van der Waals surface area contributed by atoms with Gasteiger partial charge in [0, 0.05) is 32.5 Å². The van der Waals surface area contributed by atoms with Crippen molar-refractivity contribution < 1.29 is 0 Å². The number of anilines is 2. The Hall–Kier alpha value is -2.31. The van der Waals surface area contributed by atoms with Gasteiger partial charge in [-0.3, -0.25) is 0 Å². The van der Waals surface area contributed by atoms with Crippen LogP contribution >= 0.6 is 0 Å². The highest BCUT2D eigenvalue weighted by Gasteiger charge is 2.17. The number of hydrogen-bond acceptors (Lipinski definition) is 7. The zero-order chi connectivity index (χ0) is 13.1. The maximum absolute atomic E-state index is 4.52. The Morgan fingerprint density at radius 3 is 2.47 bits per heavy atom. The number of nitrogens with zero attached hydrogens (tertiary/aromatic N) is 6. The Kier molecular flexibility index (Phi) is 3.18. The van der Waals surface area contributed by atoms with Crippen LogP contribution in [0.15, 0.2) is 18.7 Å². The van der Waals surface area contributed by atoms with Crippen molar-refractivity contribution in [1.82, 2.24) is 24.9 Å². The lowest BCUT2D eigenvalue weighted by Crippen LogP contribution is -2.21. The fourth-order valence-electron chi connectivity index (χ4n) is 2.08. The van der Waals surface area contributed by atoms with Gasteiger partial charge in [-0.1, -0.05) is 0 Å². The zero-order valence-corrected chi connectivity index (χ0v) is 10.7. The van der Waals surface area contributed by atoms with Gasteiger partial charge in [0.2, 0.25) is 11.9 Å². The standard InChI is InChI=1S/C12H15N7/c1-13-11-16-10(9-6-14-8-15-7-9)17-12(18-11)19-4-2-3-5-19/h6-8H,2-5H2,1H3,(H,13,16,17,18).